The third-order valence-electron chi connectivity index (χ3n) is 8.80. The number of likely N-dealkylation sites (tertiary alicyclic amines) is 1. The number of hydrogen-bond acceptors (Lipinski definition) is 5. The van der Waals surface area contributed by atoms with Crippen LogP contribution < -0.4 is 5.32 Å². The predicted molar refractivity (Wildman–Crippen MR) is 164 cm³/mol. The molecule has 0 spiro atoms. The molecule has 40 heavy (non-hydrogen) atoms. The largest absolute Gasteiger partial charge is 0.480 e. The molecule has 2 fully saturated rings. The number of carbonyl (C=O) groups is 2. The topological polar surface area (TPSA) is 78.9 Å². The first-order valence-electron chi connectivity index (χ1n) is 14.9. The van der Waals surface area contributed by atoms with Crippen LogP contribution in [0.15, 0.2) is 42.5 Å². The molecule has 2 aliphatic rings. The highest BCUT2D eigenvalue weighted by atomic mass is 32.2. The number of nitrogens with one attached hydrogen (secondary N) is 1. The van der Waals surface area contributed by atoms with Gasteiger partial charge in [0.15, 0.2) is 0 Å². The molecule has 218 valence electrons. The average molecular weight is 567 g/mol. The van der Waals surface area contributed by atoms with E-state index < -0.39 is 12.0 Å². The normalized spacial score (nSPS) is 20.9. The maximum absolute atomic E-state index is 13.5. The van der Waals surface area contributed by atoms with Crippen LogP contribution >= 0.6 is 11.8 Å². The Morgan fingerprint density at radius 1 is 1.05 bits per heavy atom. The summed E-state index contributed by atoms with van der Waals surface area (Å²) in [6, 6.07) is 14.2. The van der Waals surface area contributed by atoms with E-state index >= 15 is 0 Å². The standard InChI is InChI=1S/C33H46N2O4S/c1-23-9-7-8-12-28(23)30-20-25(13-16-29(30)32(36)34-31(33(37)38)17-18-40-3)21-35-26(14-15-27(35)22-39-2)19-24-10-5-4-6-11-24/h7-9,12-13,16,20,24,26-27,31H,4-6,10-11,14-15,17-19,21-22H2,1-3H3,(H,34,36)(H,37,38)/t26-,27?,31?/m0/s1. The van der Waals surface area contributed by atoms with Crippen molar-refractivity contribution in [3.63, 3.8) is 0 Å². The molecule has 1 amide bonds. The molecule has 1 heterocycles. The quantitative estimate of drug-likeness (QED) is 0.286. The number of thioether (sulfide) groups is 1. The van der Waals surface area contributed by atoms with Crippen molar-refractivity contribution in [3.05, 3.63) is 59.2 Å². The van der Waals surface area contributed by atoms with Gasteiger partial charge in [-0.15, -0.1) is 0 Å². The Labute approximate surface area is 244 Å². The summed E-state index contributed by atoms with van der Waals surface area (Å²) in [6.07, 6.45) is 12.8. The van der Waals surface area contributed by atoms with E-state index in [1.54, 1.807) is 18.9 Å². The molecule has 4 rings (SSSR count). The first-order valence-corrected chi connectivity index (χ1v) is 16.3. The monoisotopic (exact) mass is 566 g/mol. The molecule has 3 atom stereocenters. The molecule has 1 aliphatic heterocycles. The number of nitrogens with zero attached hydrogens (tertiary/aromatic N) is 1. The van der Waals surface area contributed by atoms with Gasteiger partial charge < -0.3 is 15.2 Å². The Balaban J connectivity index is 1.62. The fourth-order valence-corrected chi connectivity index (χ4v) is 7.10. The molecule has 2 unspecified atom stereocenters. The van der Waals surface area contributed by atoms with Gasteiger partial charge in [0.05, 0.1) is 6.61 Å². The van der Waals surface area contributed by atoms with E-state index in [1.165, 1.54) is 50.5 Å². The molecule has 2 aromatic rings. The van der Waals surface area contributed by atoms with Gasteiger partial charge in [-0.3, -0.25) is 9.69 Å². The zero-order valence-electron chi connectivity index (χ0n) is 24.4. The van der Waals surface area contributed by atoms with Crippen LogP contribution in [0.2, 0.25) is 0 Å². The van der Waals surface area contributed by atoms with Crippen LogP contribution in [0, 0.1) is 12.8 Å². The fourth-order valence-electron chi connectivity index (χ4n) is 6.63. The van der Waals surface area contributed by atoms with Gasteiger partial charge in [0.25, 0.3) is 5.91 Å². The second kappa shape index (κ2) is 15.0. The van der Waals surface area contributed by atoms with E-state index in [0.29, 0.717) is 29.8 Å². The molecule has 1 aliphatic carbocycles. The van der Waals surface area contributed by atoms with Crippen LogP contribution in [0.5, 0.6) is 0 Å². The number of benzene rings is 2. The van der Waals surface area contributed by atoms with Crippen LogP contribution in [0.4, 0.5) is 0 Å². The number of ether oxygens (including phenoxy) is 1. The Bertz CT molecular complexity index is 1130. The second-order valence-electron chi connectivity index (χ2n) is 11.6. The van der Waals surface area contributed by atoms with Crippen LogP contribution in [-0.2, 0) is 16.1 Å². The van der Waals surface area contributed by atoms with Gasteiger partial charge in [-0.1, -0.05) is 62.4 Å². The summed E-state index contributed by atoms with van der Waals surface area (Å²) in [5.74, 6) is 0.150. The Morgan fingerprint density at radius 2 is 1.80 bits per heavy atom. The molecule has 1 saturated carbocycles. The Kier molecular flexibility index (Phi) is 11.5. The molecule has 2 N–H and O–H groups in total. The van der Waals surface area contributed by atoms with Crippen molar-refractivity contribution >= 4 is 23.6 Å². The van der Waals surface area contributed by atoms with Gasteiger partial charge in [-0.25, -0.2) is 4.79 Å². The number of aliphatic carboxylic acids is 1. The summed E-state index contributed by atoms with van der Waals surface area (Å²) in [6.45, 7) is 3.61. The summed E-state index contributed by atoms with van der Waals surface area (Å²) in [5, 5.41) is 12.5. The van der Waals surface area contributed by atoms with Gasteiger partial charge in [0.2, 0.25) is 0 Å². The molecule has 7 heteroatoms. The lowest BCUT2D eigenvalue weighted by Crippen LogP contribution is -2.41. The third kappa shape index (κ3) is 7.89. The lowest BCUT2D eigenvalue weighted by molar-refractivity contribution is -0.139. The van der Waals surface area contributed by atoms with Crippen LogP contribution in [0.3, 0.4) is 0 Å². The lowest BCUT2D eigenvalue weighted by atomic mass is 9.84. The first-order chi connectivity index (χ1) is 19.4. The Morgan fingerprint density at radius 3 is 2.50 bits per heavy atom. The highest BCUT2D eigenvalue weighted by Crippen LogP contribution is 2.36. The number of carboxylic acids is 1. The summed E-state index contributed by atoms with van der Waals surface area (Å²) >= 11 is 1.58. The van der Waals surface area contributed by atoms with Crippen molar-refractivity contribution in [3.8, 4) is 11.1 Å². The third-order valence-corrected chi connectivity index (χ3v) is 9.45. The van der Waals surface area contributed by atoms with E-state index in [9.17, 15) is 14.7 Å². The minimum Gasteiger partial charge on any atom is -0.480 e. The summed E-state index contributed by atoms with van der Waals surface area (Å²) in [5.41, 5.74) is 4.62. The maximum Gasteiger partial charge on any atom is 0.326 e. The number of methoxy groups -OCH3 is 1. The van der Waals surface area contributed by atoms with Crippen LogP contribution in [0.25, 0.3) is 11.1 Å². The van der Waals surface area contributed by atoms with Crippen molar-refractivity contribution in [1.29, 1.82) is 0 Å². The minimum absolute atomic E-state index is 0.341. The second-order valence-corrected chi connectivity index (χ2v) is 12.6. The zero-order valence-corrected chi connectivity index (χ0v) is 25.2. The van der Waals surface area contributed by atoms with Crippen molar-refractivity contribution in [2.24, 2.45) is 5.92 Å². The zero-order chi connectivity index (χ0) is 28.5. The van der Waals surface area contributed by atoms with Crippen molar-refractivity contribution < 1.29 is 19.4 Å². The van der Waals surface area contributed by atoms with Crippen molar-refractivity contribution in [2.75, 3.05) is 25.7 Å². The van der Waals surface area contributed by atoms with Gasteiger partial charge in [-0.2, -0.15) is 11.8 Å². The minimum atomic E-state index is -1.00. The van der Waals surface area contributed by atoms with Crippen LogP contribution in [0.1, 0.15) is 79.3 Å². The van der Waals surface area contributed by atoms with Gasteiger partial charge in [-0.05, 0) is 84.9 Å². The maximum atomic E-state index is 13.5. The average Bonchev–Trinajstić information content (AvgIpc) is 3.32. The van der Waals surface area contributed by atoms with E-state index in [4.69, 9.17) is 4.74 Å². The predicted octanol–water partition coefficient (Wildman–Crippen LogP) is 6.55. The van der Waals surface area contributed by atoms with Crippen molar-refractivity contribution in [1.82, 2.24) is 10.2 Å². The van der Waals surface area contributed by atoms with E-state index in [-0.39, 0.29) is 5.91 Å². The summed E-state index contributed by atoms with van der Waals surface area (Å²) in [4.78, 5) is 28.0. The molecule has 0 radical (unpaired) electrons. The van der Waals surface area contributed by atoms with Gasteiger partial charge in [0.1, 0.15) is 6.04 Å². The van der Waals surface area contributed by atoms with Gasteiger partial charge in [0, 0.05) is 31.3 Å². The smallest absolute Gasteiger partial charge is 0.326 e. The number of amides is 1. The number of carbonyl (C=O) groups excluding carboxylic acids is 1. The number of carboxylic acid groups (broad SMARTS) is 1. The number of rotatable bonds is 13. The highest BCUT2D eigenvalue weighted by Gasteiger charge is 2.35. The van der Waals surface area contributed by atoms with Crippen LogP contribution in [-0.4, -0.2) is 65.7 Å². The van der Waals surface area contributed by atoms with E-state index in [2.05, 4.69) is 29.3 Å². The molecule has 2 aromatic carbocycles. The van der Waals surface area contributed by atoms with Gasteiger partial charge >= 0.3 is 5.97 Å². The molecule has 1 saturated heterocycles. The lowest BCUT2D eigenvalue weighted by Gasteiger charge is -2.33. The molecule has 0 bridgehead atoms. The molecule has 0 aromatic heterocycles. The summed E-state index contributed by atoms with van der Waals surface area (Å²) in [7, 11) is 1.79. The van der Waals surface area contributed by atoms with Crippen molar-refractivity contribution in [2.45, 2.75) is 89.4 Å². The molecule has 6 nitrogen and oxygen atoms in total. The first kappa shape index (κ1) is 30.6. The highest BCUT2D eigenvalue weighted by molar-refractivity contribution is 7.98. The fraction of sp³-hybridized carbons (Fsp3) is 0.576. The summed E-state index contributed by atoms with van der Waals surface area (Å²) < 4.78 is 5.63. The molecular weight excluding hydrogens is 520 g/mol. The number of hydrogen-bond donors (Lipinski definition) is 2. The number of aryl methyl sites for hydroxylation is 1. The van der Waals surface area contributed by atoms with E-state index in [1.807, 2.05) is 36.6 Å². The Hall–Kier alpha value is -2.35. The molecular formula is C33H46N2O4S. The van der Waals surface area contributed by atoms with E-state index in [0.717, 1.165) is 42.2 Å². The SMILES string of the molecule is COCC1CC[C@@H](CC2CCCCC2)N1Cc1ccc(C(=O)NC(CCSC)C(=O)O)c(-c2ccccc2C)c1.